The van der Waals surface area contributed by atoms with E-state index in [-0.39, 0.29) is 10.8 Å². The lowest BCUT2D eigenvalue weighted by molar-refractivity contribution is 0.102. The van der Waals surface area contributed by atoms with E-state index in [1.807, 2.05) is 36.4 Å². The van der Waals surface area contributed by atoms with Crippen molar-refractivity contribution < 1.29 is 13.2 Å². The number of sulfone groups is 1. The molecule has 0 aliphatic heterocycles. The van der Waals surface area contributed by atoms with Crippen LogP contribution < -0.4 is 5.32 Å². The fourth-order valence-corrected chi connectivity index (χ4v) is 4.10. The van der Waals surface area contributed by atoms with Crippen molar-refractivity contribution >= 4 is 44.8 Å². The van der Waals surface area contributed by atoms with Gasteiger partial charge >= 0.3 is 0 Å². The minimum absolute atomic E-state index is 0.171. The first-order chi connectivity index (χ1) is 12.8. The van der Waals surface area contributed by atoms with Crippen LogP contribution in [0.2, 0.25) is 5.02 Å². The number of hydrogen-bond donors (Lipinski definition) is 1. The van der Waals surface area contributed by atoms with Crippen molar-refractivity contribution in [3.63, 3.8) is 0 Å². The van der Waals surface area contributed by atoms with Crippen LogP contribution in [-0.2, 0) is 9.84 Å². The molecule has 0 aromatic heterocycles. The average Bonchev–Trinajstić information content (AvgIpc) is 2.64. The van der Waals surface area contributed by atoms with E-state index in [1.54, 1.807) is 23.9 Å². The Hall–Kier alpha value is -2.28. The maximum absolute atomic E-state index is 12.4. The molecular formula is C20H16ClNO3S2. The summed E-state index contributed by atoms with van der Waals surface area (Å²) in [5.74, 6) is -0.338. The molecule has 0 heterocycles. The molecule has 3 aromatic carbocycles. The van der Waals surface area contributed by atoms with Gasteiger partial charge in [0, 0.05) is 27.3 Å². The normalized spacial score (nSPS) is 11.2. The summed E-state index contributed by atoms with van der Waals surface area (Å²) in [5, 5.41) is 3.30. The highest BCUT2D eigenvalue weighted by Crippen LogP contribution is 2.34. The SMILES string of the molecule is CS(=O)(=O)c1ccc(C(=O)Nc2ccc(Sc3ccccc3)c(Cl)c2)cc1. The first-order valence-electron chi connectivity index (χ1n) is 7.97. The second-order valence-electron chi connectivity index (χ2n) is 5.81. The molecule has 0 saturated heterocycles. The minimum atomic E-state index is -3.29. The Bertz CT molecular complexity index is 1070. The van der Waals surface area contributed by atoms with Crippen molar-refractivity contribution in [3.8, 4) is 0 Å². The number of amides is 1. The summed E-state index contributed by atoms with van der Waals surface area (Å²) in [4.78, 5) is 14.5. The highest BCUT2D eigenvalue weighted by atomic mass is 35.5. The highest BCUT2D eigenvalue weighted by molar-refractivity contribution is 7.99. The fourth-order valence-electron chi connectivity index (χ4n) is 2.33. The Labute approximate surface area is 167 Å². The zero-order valence-electron chi connectivity index (χ0n) is 14.3. The van der Waals surface area contributed by atoms with Crippen LogP contribution in [-0.4, -0.2) is 20.6 Å². The Morgan fingerprint density at radius 3 is 2.22 bits per heavy atom. The van der Waals surface area contributed by atoms with E-state index < -0.39 is 9.84 Å². The maximum atomic E-state index is 12.4. The third-order valence-corrected chi connectivity index (χ3v) is 6.34. The summed E-state index contributed by atoms with van der Waals surface area (Å²) in [6.45, 7) is 0. The van der Waals surface area contributed by atoms with E-state index in [1.165, 1.54) is 24.3 Å². The third-order valence-electron chi connectivity index (χ3n) is 3.71. The number of benzene rings is 3. The molecular weight excluding hydrogens is 402 g/mol. The molecule has 0 saturated carbocycles. The van der Waals surface area contributed by atoms with Crippen molar-refractivity contribution in [1.29, 1.82) is 0 Å². The molecule has 0 unspecified atom stereocenters. The molecule has 7 heteroatoms. The summed E-state index contributed by atoms with van der Waals surface area (Å²) in [6.07, 6.45) is 1.12. The molecule has 0 fully saturated rings. The van der Waals surface area contributed by atoms with Crippen LogP contribution in [0.4, 0.5) is 5.69 Å². The summed E-state index contributed by atoms with van der Waals surface area (Å²) in [5.41, 5.74) is 0.927. The van der Waals surface area contributed by atoms with Gasteiger partial charge in [-0.05, 0) is 54.6 Å². The summed E-state index contributed by atoms with van der Waals surface area (Å²) < 4.78 is 23.0. The van der Waals surface area contributed by atoms with Crippen LogP contribution in [0.25, 0.3) is 0 Å². The van der Waals surface area contributed by atoms with Crippen LogP contribution in [0.15, 0.2) is 87.5 Å². The van der Waals surface area contributed by atoms with Crippen molar-refractivity contribution in [2.24, 2.45) is 0 Å². The Morgan fingerprint density at radius 2 is 1.63 bits per heavy atom. The maximum Gasteiger partial charge on any atom is 0.255 e. The largest absolute Gasteiger partial charge is 0.322 e. The van der Waals surface area contributed by atoms with Gasteiger partial charge in [-0.3, -0.25) is 4.79 Å². The molecule has 0 spiro atoms. The molecule has 0 atom stereocenters. The van der Waals surface area contributed by atoms with E-state index in [0.717, 1.165) is 16.0 Å². The smallest absolute Gasteiger partial charge is 0.255 e. The van der Waals surface area contributed by atoms with Gasteiger partial charge in [0.2, 0.25) is 0 Å². The molecule has 0 aliphatic carbocycles. The molecule has 4 nitrogen and oxygen atoms in total. The van der Waals surface area contributed by atoms with E-state index in [0.29, 0.717) is 16.3 Å². The van der Waals surface area contributed by atoms with Crippen LogP contribution in [0.1, 0.15) is 10.4 Å². The molecule has 0 radical (unpaired) electrons. The van der Waals surface area contributed by atoms with Crippen LogP contribution in [0.5, 0.6) is 0 Å². The number of anilines is 1. The van der Waals surface area contributed by atoms with Crippen molar-refractivity contribution in [2.75, 3.05) is 11.6 Å². The predicted molar refractivity (Wildman–Crippen MR) is 110 cm³/mol. The number of halogens is 1. The van der Waals surface area contributed by atoms with Crippen molar-refractivity contribution in [3.05, 3.63) is 83.4 Å². The van der Waals surface area contributed by atoms with Gasteiger partial charge in [0.25, 0.3) is 5.91 Å². The molecule has 1 amide bonds. The first kappa shape index (κ1) is 19.5. The average molecular weight is 418 g/mol. The first-order valence-corrected chi connectivity index (χ1v) is 11.1. The molecule has 0 aliphatic rings. The fraction of sp³-hybridized carbons (Fsp3) is 0.0500. The van der Waals surface area contributed by atoms with E-state index in [9.17, 15) is 13.2 Å². The summed E-state index contributed by atoms with van der Waals surface area (Å²) in [6, 6.07) is 21.0. The lowest BCUT2D eigenvalue weighted by Gasteiger charge is -2.09. The minimum Gasteiger partial charge on any atom is -0.322 e. The highest BCUT2D eigenvalue weighted by Gasteiger charge is 2.11. The molecule has 3 rings (SSSR count). The molecule has 3 aromatic rings. The Balaban J connectivity index is 1.72. The number of carbonyl (C=O) groups is 1. The van der Waals surface area contributed by atoms with Gasteiger partial charge in [-0.2, -0.15) is 0 Å². The second-order valence-corrected chi connectivity index (χ2v) is 9.35. The Kier molecular flexibility index (Phi) is 5.89. The monoisotopic (exact) mass is 417 g/mol. The van der Waals surface area contributed by atoms with Gasteiger partial charge < -0.3 is 5.32 Å². The van der Waals surface area contributed by atoms with Crippen LogP contribution in [0, 0.1) is 0 Å². The molecule has 0 bridgehead atoms. The van der Waals surface area contributed by atoms with Gasteiger partial charge in [0.15, 0.2) is 9.84 Å². The Morgan fingerprint density at radius 1 is 0.963 bits per heavy atom. The quantitative estimate of drug-likeness (QED) is 0.623. The zero-order chi connectivity index (χ0) is 19.4. The van der Waals surface area contributed by atoms with E-state index in [2.05, 4.69) is 5.32 Å². The van der Waals surface area contributed by atoms with Gasteiger partial charge in [0.1, 0.15) is 0 Å². The van der Waals surface area contributed by atoms with Crippen molar-refractivity contribution in [2.45, 2.75) is 14.7 Å². The predicted octanol–water partition coefficient (Wildman–Crippen LogP) is 5.15. The topological polar surface area (TPSA) is 63.2 Å². The summed E-state index contributed by atoms with van der Waals surface area (Å²) >= 11 is 7.88. The lowest BCUT2D eigenvalue weighted by Crippen LogP contribution is -2.12. The standard InChI is InChI=1S/C20H16ClNO3S2/c1-27(24,25)17-10-7-14(8-11-17)20(23)22-15-9-12-19(18(21)13-15)26-16-5-3-2-4-6-16/h2-13H,1H3,(H,22,23). The molecule has 138 valence electrons. The zero-order valence-corrected chi connectivity index (χ0v) is 16.7. The van der Waals surface area contributed by atoms with E-state index >= 15 is 0 Å². The summed E-state index contributed by atoms with van der Waals surface area (Å²) in [7, 11) is -3.29. The third kappa shape index (κ3) is 5.13. The lowest BCUT2D eigenvalue weighted by atomic mass is 10.2. The van der Waals surface area contributed by atoms with Crippen LogP contribution >= 0.6 is 23.4 Å². The van der Waals surface area contributed by atoms with Gasteiger partial charge in [-0.15, -0.1) is 0 Å². The number of carbonyl (C=O) groups excluding carboxylic acids is 1. The molecule has 27 heavy (non-hydrogen) atoms. The van der Waals surface area contributed by atoms with Gasteiger partial charge in [-0.1, -0.05) is 41.6 Å². The van der Waals surface area contributed by atoms with Crippen LogP contribution in [0.3, 0.4) is 0 Å². The van der Waals surface area contributed by atoms with Crippen molar-refractivity contribution in [1.82, 2.24) is 0 Å². The van der Waals surface area contributed by atoms with Gasteiger partial charge in [-0.25, -0.2) is 8.42 Å². The number of nitrogens with one attached hydrogen (secondary N) is 1. The van der Waals surface area contributed by atoms with Gasteiger partial charge in [0.05, 0.1) is 9.92 Å². The molecule has 1 N–H and O–H groups in total. The second kappa shape index (κ2) is 8.17. The van der Waals surface area contributed by atoms with E-state index in [4.69, 9.17) is 11.6 Å². The number of rotatable bonds is 5. The number of hydrogen-bond acceptors (Lipinski definition) is 4.